The number of methoxy groups -OCH3 is 2. The van der Waals surface area contributed by atoms with Gasteiger partial charge in [-0.2, -0.15) is 0 Å². The fraction of sp³-hybridized carbons (Fsp3) is 0.304. The van der Waals surface area contributed by atoms with Crippen LogP contribution in [0.3, 0.4) is 0 Å². The summed E-state index contributed by atoms with van der Waals surface area (Å²) in [6.45, 7) is 3.08. The summed E-state index contributed by atoms with van der Waals surface area (Å²) >= 11 is 0. The van der Waals surface area contributed by atoms with Gasteiger partial charge in [0.1, 0.15) is 17.2 Å². The minimum atomic E-state index is -0.399. The zero-order valence-corrected chi connectivity index (χ0v) is 17.4. The molecule has 2 aromatic carbocycles. The first-order valence-electron chi connectivity index (χ1n) is 9.83. The summed E-state index contributed by atoms with van der Waals surface area (Å²) in [7, 11) is 3.08. The van der Waals surface area contributed by atoms with Crippen LogP contribution in [-0.4, -0.2) is 50.7 Å². The maximum atomic E-state index is 13.1. The molecule has 3 rings (SSSR count). The summed E-state index contributed by atoms with van der Waals surface area (Å²) < 4.78 is 16.1. The lowest BCUT2D eigenvalue weighted by atomic mass is 10.0. The van der Waals surface area contributed by atoms with Gasteiger partial charge in [-0.25, -0.2) is 0 Å². The molecule has 0 unspecified atom stereocenters. The SMILES string of the molecule is CCCOc1ccc(C2=C(Nc3ccccc3OC)C(=O)N(CCOC)C2=O)cc1. The Hall–Kier alpha value is -3.32. The fourth-order valence-corrected chi connectivity index (χ4v) is 3.17. The molecule has 2 aromatic rings. The van der Waals surface area contributed by atoms with Crippen LogP contribution < -0.4 is 14.8 Å². The molecule has 7 heteroatoms. The number of nitrogens with one attached hydrogen (secondary N) is 1. The lowest BCUT2D eigenvalue weighted by Crippen LogP contribution is -2.35. The van der Waals surface area contributed by atoms with E-state index in [0.717, 1.165) is 6.42 Å². The molecule has 1 N–H and O–H groups in total. The van der Waals surface area contributed by atoms with E-state index in [1.165, 1.54) is 12.0 Å². The van der Waals surface area contributed by atoms with E-state index in [0.29, 0.717) is 34.9 Å². The van der Waals surface area contributed by atoms with Gasteiger partial charge in [0.15, 0.2) is 0 Å². The molecule has 1 aliphatic rings. The van der Waals surface area contributed by atoms with Crippen LogP contribution >= 0.6 is 0 Å². The second-order valence-corrected chi connectivity index (χ2v) is 6.70. The van der Waals surface area contributed by atoms with Gasteiger partial charge < -0.3 is 19.5 Å². The smallest absolute Gasteiger partial charge is 0.278 e. The first kappa shape index (κ1) is 21.4. The van der Waals surface area contributed by atoms with Gasteiger partial charge in [-0.05, 0) is 36.2 Å². The van der Waals surface area contributed by atoms with Gasteiger partial charge in [-0.15, -0.1) is 0 Å². The maximum absolute atomic E-state index is 13.1. The highest BCUT2D eigenvalue weighted by Crippen LogP contribution is 2.33. The maximum Gasteiger partial charge on any atom is 0.278 e. The van der Waals surface area contributed by atoms with Crippen molar-refractivity contribution in [1.82, 2.24) is 4.90 Å². The summed E-state index contributed by atoms with van der Waals surface area (Å²) in [5.41, 5.74) is 1.76. The van der Waals surface area contributed by atoms with Crippen molar-refractivity contribution in [2.75, 3.05) is 39.3 Å². The first-order chi connectivity index (χ1) is 14.6. The van der Waals surface area contributed by atoms with Gasteiger partial charge in [0.2, 0.25) is 0 Å². The summed E-state index contributed by atoms with van der Waals surface area (Å²) in [5, 5.41) is 3.11. The molecule has 158 valence electrons. The van der Waals surface area contributed by atoms with Crippen LogP contribution in [0.5, 0.6) is 11.5 Å². The van der Waals surface area contributed by atoms with Gasteiger partial charge in [0, 0.05) is 7.11 Å². The van der Waals surface area contributed by atoms with Crippen molar-refractivity contribution in [3.8, 4) is 11.5 Å². The van der Waals surface area contributed by atoms with E-state index in [1.807, 2.05) is 19.1 Å². The number of amides is 2. The second-order valence-electron chi connectivity index (χ2n) is 6.70. The lowest BCUT2D eigenvalue weighted by Gasteiger charge is -2.15. The normalized spacial score (nSPS) is 13.8. The number of anilines is 1. The predicted molar refractivity (Wildman–Crippen MR) is 114 cm³/mol. The van der Waals surface area contributed by atoms with Crippen molar-refractivity contribution in [1.29, 1.82) is 0 Å². The minimum Gasteiger partial charge on any atom is -0.495 e. The number of benzene rings is 2. The zero-order chi connectivity index (χ0) is 21.5. The highest BCUT2D eigenvalue weighted by Gasteiger charge is 2.39. The molecule has 0 radical (unpaired) electrons. The van der Waals surface area contributed by atoms with Crippen molar-refractivity contribution in [2.24, 2.45) is 0 Å². The Morgan fingerprint density at radius 2 is 1.67 bits per heavy atom. The van der Waals surface area contributed by atoms with Gasteiger partial charge in [-0.1, -0.05) is 31.2 Å². The van der Waals surface area contributed by atoms with Crippen LogP contribution in [-0.2, 0) is 14.3 Å². The van der Waals surface area contributed by atoms with E-state index in [9.17, 15) is 9.59 Å². The number of nitrogens with zero attached hydrogens (tertiary/aromatic N) is 1. The molecule has 0 aromatic heterocycles. The van der Waals surface area contributed by atoms with E-state index < -0.39 is 5.91 Å². The van der Waals surface area contributed by atoms with Crippen LogP contribution in [0.4, 0.5) is 5.69 Å². The molecule has 0 saturated carbocycles. The molecule has 7 nitrogen and oxygen atoms in total. The summed E-state index contributed by atoms with van der Waals surface area (Å²) in [5.74, 6) is 0.526. The second kappa shape index (κ2) is 9.93. The fourth-order valence-electron chi connectivity index (χ4n) is 3.17. The molecule has 0 fully saturated rings. The Kier molecular flexibility index (Phi) is 7.08. The third-order valence-electron chi connectivity index (χ3n) is 4.67. The summed E-state index contributed by atoms with van der Waals surface area (Å²) in [4.78, 5) is 27.4. The molecule has 0 aliphatic carbocycles. The van der Waals surface area contributed by atoms with Crippen LogP contribution in [0.2, 0.25) is 0 Å². The van der Waals surface area contributed by atoms with E-state index in [1.54, 1.807) is 43.5 Å². The Bertz CT molecular complexity index is 937. The molecule has 0 bridgehead atoms. The van der Waals surface area contributed by atoms with Gasteiger partial charge >= 0.3 is 0 Å². The molecule has 1 aliphatic heterocycles. The lowest BCUT2D eigenvalue weighted by molar-refractivity contribution is -0.137. The third kappa shape index (κ3) is 4.46. The predicted octanol–water partition coefficient (Wildman–Crippen LogP) is 3.32. The molecule has 0 saturated heterocycles. The zero-order valence-electron chi connectivity index (χ0n) is 17.4. The minimum absolute atomic E-state index is 0.173. The van der Waals surface area contributed by atoms with E-state index in [-0.39, 0.29) is 24.8 Å². The monoisotopic (exact) mass is 410 g/mol. The molecule has 0 atom stereocenters. The Morgan fingerprint density at radius 1 is 0.933 bits per heavy atom. The van der Waals surface area contributed by atoms with Gasteiger partial charge in [-0.3, -0.25) is 14.5 Å². The standard InChI is InChI=1S/C23H26N2O5/c1-4-14-30-17-11-9-16(10-12-17)20-21(23(27)25(22(20)26)13-15-28-2)24-18-7-5-6-8-19(18)29-3/h5-12,24H,4,13-15H2,1-3H3. The number of carbonyl (C=O) groups is 2. The van der Waals surface area contributed by atoms with E-state index in [4.69, 9.17) is 14.2 Å². The highest BCUT2D eigenvalue weighted by atomic mass is 16.5. The number of imide groups is 1. The molecule has 1 heterocycles. The average molecular weight is 410 g/mol. The van der Waals surface area contributed by atoms with Crippen LogP contribution in [0, 0.1) is 0 Å². The van der Waals surface area contributed by atoms with Crippen molar-refractivity contribution in [3.63, 3.8) is 0 Å². The van der Waals surface area contributed by atoms with Crippen molar-refractivity contribution < 1.29 is 23.8 Å². The first-order valence-corrected chi connectivity index (χ1v) is 9.83. The Labute approximate surface area is 176 Å². The van der Waals surface area contributed by atoms with E-state index >= 15 is 0 Å². The molecular formula is C23H26N2O5. The van der Waals surface area contributed by atoms with E-state index in [2.05, 4.69) is 5.32 Å². The number of carbonyl (C=O) groups excluding carboxylic acids is 2. The molecular weight excluding hydrogens is 384 g/mol. The largest absolute Gasteiger partial charge is 0.495 e. The summed E-state index contributed by atoms with van der Waals surface area (Å²) in [6, 6.07) is 14.4. The highest BCUT2D eigenvalue weighted by molar-refractivity contribution is 6.36. The van der Waals surface area contributed by atoms with Gasteiger partial charge in [0.05, 0.1) is 38.1 Å². The van der Waals surface area contributed by atoms with Crippen LogP contribution in [0.25, 0.3) is 5.57 Å². The number of rotatable bonds is 10. The average Bonchev–Trinajstić information content (AvgIpc) is 3.00. The quantitative estimate of drug-likeness (QED) is 0.606. The molecule has 2 amide bonds. The van der Waals surface area contributed by atoms with Gasteiger partial charge in [0.25, 0.3) is 11.8 Å². The third-order valence-corrected chi connectivity index (χ3v) is 4.67. The summed E-state index contributed by atoms with van der Waals surface area (Å²) in [6.07, 6.45) is 0.904. The topological polar surface area (TPSA) is 77.1 Å². The number of hydrogen-bond donors (Lipinski definition) is 1. The van der Waals surface area contributed by atoms with Crippen LogP contribution in [0.1, 0.15) is 18.9 Å². The molecule has 30 heavy (non-hydrogen) atoms. The number of para-hydroxylation sites is 2. The number of ether oxygens (including phenoxy) is 3. The van der Waals surface area contributed by atoms with Crippen LogP contribution in [0.15, 0.2) is 54.2 Å². The van der Waals surface area contributed by atoms with Crippen molar-refractivity contribution in [2.45, 2.75) is 13.3 Å². The van der Waals surface area contributed by atoms with Crippen molar-refractivity contribution >= 4 is 23.1 Å². The Morgan fingerprint density at radius 3 is 2.33 bits per heavy atom. The Balaban J connectivity index is 2.00. The molecule has 0 spiro atoms. The number of hydrogen-bond acceptors (Lipinski definition) is 6. The van der Waals surface area contributed by atoms with Crippen molar-refractivity contribution in [3.05, 3.63) is 59.8 Å².